The largest absolute Gasteiger partial charge is 0.393 e. The molecule has 1 aromatic heterocycles. The Morgan fingerprint density at radius 3 is 2.89 bits per heavy atom. The lowest BCUT2D eigenvalue weighted by molar-refractivity contribution is 0.108. The van der Waals surface area contributed by atoms with Gasteiger partial charge >= 0.3 is 0 Å². The van der Waals surface area contributed by atoms with Crippen LogP contribution in [0.25, 0.3) is 0 Å². The number of aliphatic hydroxyl groups excluding tert-OH is 1. The van der Waals surface area contributed by atoms with E-state index in [0.29, 0.717) is 5.92 Å². The first-order valence-corrected chi connectivity index (χ1v) is 6.98. The first-order valence-electron chi connectivity index (χ1n) is 6.98. The molecule has 0 saturated heterocycles. The van der Waals surface area contributed by atoms with Gasteiger partial charge in [-0.2, -0.15) is 5.10 Å². The molecule has 4 nitrogen and oxygen atoms in total. The lowest BCUT2D eigenvalue weighted by Gasteiger charge is -2.22. The van der Waals surface area contributed by atoms with Crippen LogP contribution in [-0.4, -0.2) is 39.5 Å². The van der Waals surface area contributed by atoms with Gasteiger partial charge in [-0.3, -0.25) is 4.68 Å². The van der Waals surface area contributed by atoms with E-state index in [1.165, 1.54) is 24.1 Å². The van der Waals surface area contributed by atoms with Crippen LogP contribution in [-0.2, 0) is 20.0 Å². The van der Waals surface area contributed by atoms with Crippen LogP contribution in [0, 0.1) is 5.92 Å². The summed E-state index contributed by atoms with van der Waals surface area (Å²) in [6.07, 6.45) is 6.32. The van der Waals surface area contributed by atoms with Gasteiger partial charge in [-0.05, 0) is 32.2 Å². The maximum Gasteiger partial charge on any atom is 0.0666 e. The van der Waals surface area contributed by atoms with Gasteiger partial charge in [0, 0.05) is 31.9 Å². The van der Waals surface area contributed by atoms with E-state index in [9.17, 15) is 5.11 Å². The van der Waals surface area contributed by atoms with Crippen LogP contribution < -0.4 is 0 Å². The highest BCUT2D eigenvalue weighted by Crippen LogP contribution is 2.26. The SMILES string of the molecule is CCc1nn(C)cc1CN(C)CC1CCCC1O. The van der Waals surface area contributed by atoms with E-state index >= 15 is 0 Å². The second kappa shape index (κ2) is 5.85. The molecule has 2 rings (SSSR count). The minimum Gasteiger partial charge on any atom is -0.393 e. The van der Waals surface area contributed by atoms with Crippen LogP contribution in [0.5, 0.6) is 0 Å². The second-order valence-electron chi connectivity index (χ2n) is 5.58. The molecule has 1 aliphatic rings. The van der Waals surface area contributed by atoms with Crippen molar-refractivity contribution in [1.29, 1.82) is 0 Å². The highest BCUT2D eigenvalue weighted by Gasteiger charge is 2.26. The lowest BCUT2D eigenvalue weighted by Crippen LogP contribution is -2.29. The fourth-order valence-corrected chi connectivity index (χ4v) is 3.00. The number of aliphatic hydroxyl groups is 1. The molecular formula is C14H25N3O. The van der Waals surface area contributed by atoms with Crippen LogP contribution in [0.2, 0.25) is 0 Å². The van der Waals surface area contributed by atoms with E-state index < -0.39 is 0 Å². The predicted molar refractivity (Wildman–Crippen MR) is 72.3 cm³/mol. The standard InChI is InChI=1S/C14H25N3O/c1-4-13-12(10-17(3)15-13)9-16(2)8-11-6-5-7-14(11)18/h10-11,14,18H,4-9H2,1-3H3. The van der Waals surface area contributed by atoms with Crippen molar-refractivity contribution in [2.45, 2.75) is 45.3 Å². The molecule has 0 bridgehead atoms. The van der Waals surface area contributed by atoms with Crippen molar-refractivity contribution in [3.63, 3.8) is 0 Å². The van der Waals surface area contributed by atoms with Gasteiger partial charge in [0.05, 0.1) is 11.8 Å². The van der Waals surface area contributed by atoms with Gasteiger partial charge in [-0.15, -0.1) is 0 Å². The van der Waals surface area contributed by atoms with Crippen molar-refractivity contribution in [3.05, 3.63) is 17.5 Å². The Kier molecular flexibility index (Phi) is 4.40. The van der Waals surface area contributed by atoms with Gasteiger partial charge in [0.15, 0.2) is 0 Å². The lowest BCUT2D eigenvalue weighted by atomic mass is 10.1. The fraction of sp³-hybridized carbons (Fsp3) is 0.786. The average molecular weight is 251 g/mol. The minimum absolute atomic E-state index is 0.0907. The monoisotopic (exact) mass is 251 g/mol. The molecule has 0 radical (unpaired) electrons. The van der Waals surface area contributed by atoms with Crippen LogP contribution in [0.3, 0.4) is 0 Å². The van der Waals surface area contributed by atoms with E-state index in [0.717, 1.165) is 25.9 Å². The van der Waals surface area contributed by atoms with E-state index in [1.54, 1.807) is 0 Å². The average Bonchev–Trinajstić information content (AvgIpc) is 2.86. The molecule has 1 N–H and O–H groups in total. The Labute approximate surface area is 110 Å². The quantitative estimate of drug-likeness (QED) is 0.864. The van der Waals surface area contributed by atoms with Crippen LogP contribution in [0.1, 0.15) is 37.4 Å². The Balaban J connectivity index is 1.91. The zero-order valence-electron chi connectivity index (χ0n) is 11.8. The number of aryl methyl sites for hydroxylation is 2. The normalized spacial score (nSPS) is 24.1. The van der Waals surface area contributed by atoms with Gasteiger partial charge < -0.3 is 10.0 Å². The number of rotatable bonds is 5. The molecule has 0 spiro atoms. The van der Waals surface area contributed by atoms with Crippen LogP contribution >= 0.6 is 0 Å². The second-order valence-corrected chi connectivity index (χ2v) is 5.58. The third kappa shape index (κ3) is 3.12. The van der Waals surface area contributed by atoms with E-state index in [1.807, 2.05) is 11.7 Å². The van der Waals surface area contributed by atoms with Crippen molar-refractivity contribution in [3.8, 4) is 0 Å². The highest BCUT2D eigenvalue weighted by molar-refractivity contribution is 5.16. The molecule has 1 saturated carbocycles. The summed E-state index contributed by atoms with van der Waals surface area (Å²) >= 11 is 0. The molecule has 2 atom stereocenters. The summed E-state index contributed by atoms with van der Waals surface area (Å²) in [5.74, 6) is 0.455. The van der Waals surface area contributed by atoms with E-state index in [4.69, 9.17) is 0 Å². The molecule has 4 heteroatoms. The predicted octanol–water partition coefficient (Wildman–Crippen LogP) is 1.58. The van der Waals surface area contributed by atoms with Crippen molar-refractivity contribution >= 4 is 0 Å². The Morgan fingerprint density at radius 1 is 1.50 bits per heavy atom. The molecule has 2 unspecified atom stereocenters. The molecule has 0 amide bonds. The summed E-state index contributed by atoms with van der Waals surface area (Å²) in [4.78, 5) is 2.31. The van der Waals surface area contributed by atoms with Gasteiger partial charge in [-0.1, -0.05) is 13.3 Å². The summed E-state index contributed by atoms with van der Waals surface area (Å²) in [7, 11) is 4.11. The van der Waals surface area contributed by atoms with E-state index in [2.05, 4.69) is 30.2 Å². The van der Waals surface area contributed by atoms with Crippen LogP contribution in [0.15, 0.2) is 6.20 Å². The third-order valence-electron chi connectivity index (χ3n) is 3.93. The van der Waals surface area contributed by atoms with Gasteiger partial charge in [0.1, 0.15) is 0 Å². The topological polar surface area (TPSA) is 41.3 Å². The van der Waals surface area contributed by atoms with Crippen molar-refractivity contribution < 1.29 is 5.11 Å². The summed E-state index contributed by atoms with van der Waals surface area (Å²) in [5, 5.41) is 14.3. The van der Waals surface area contributed by atoms with Gasteiger partial charge in [0.25, 0.3) is 0 Å². The first-order chi connectivity index (χ1) is 8.60. The third-order valence-corrected chi connectivity index (χ3v) is 3.93. The Hall–Kier alpha value is -0.870. The highest BCUT2D eigenvalue weighted by atomic mass is 16.3. The van der Waals surface area contributed by atoms with Crippen molar-refractivity contribution in [2.75, 3.05) is 13.6 Å². The number of nitrogens with zero attached hydrogens (tertiary/aromatic N) is 3. The van der Waals surface area contributed by atoms with Crippen molar-refractivity contribution in [1.82, 2.24) is 14.7 Å². The summed E-state index contributed by atoms with van der Waals surface area (Å²) < 4.78 is 1.90. The molecule has 0 aliphatic heterocycles. The van der Waals surface area contributed by atoms with Gasteiger partial charge in [-0.25, -0.2) is 0 Å². The van der Waals surface area contributed by atoms with E-state index in [-0.39, 0.29) is 6.10 Å². The number of hydrogen-bond donors (Lipinski definition) is 1. The smallest absolute Gasteiger partial charge is 0.0666 e. The first kappa shape index (κ1) is 13.6. The zero-order chi connectivity index (χ0) is 13.1. The maximum absolute atomic E-state index is 9.87. The Morgan fingerprint density at radius 2 is 2.28 bits per heavy atom. The Bertz CT molecular complexity index is 388. The summed E-state index contributed by atoms with van der Waals surface area (Å²) in [6.45, 7) is 4.06. The van der Waals surface area contributed by atoms with Crippen LogP contribution in [0.4, 0.5) is 0 Å². The summed E-state index contributed by atoms with van der Waals surface area (Å²) in [6, 6.07) is 0. The molecule has 1 aromatic rings. The minimum atomic E-state index is -0.0907. The molecule has 1 fully saturated rings. The fourth-order valence-electron chi connectivity index (χ4n) is 3.00. The number of aromatic nitrogens is 2. The number of hydrogen-bond acceptors (Lipinski definition) is 3. The molecule has 1 heterocycles. The summed E-state index contributed by atoms with van der Waals surface area (Å²) in [5.41, 5.74) is 2.51. The zero-order valence-corrected chi connectivity index (χ0v) is 11.8. The molecular weight excluding hydrogens is 226 g/mol. The van der Waals surface area contributed by atoms with Crippen molar-refractivity contribution in [2.24, 2.45) is 13.0 Å². The molecule has 102 valence electrons. The molecule has 18 heavy (non-hydrogen) atoms. The van der Waals surface area contributed by atoms with Gasteiger partial charge in [0.2, 0.25) is 0 Å². The molecule has 0 aromatic carbocycles. The maximum atomic E-state index is 9.87. The molecule has 1 aliphatic carbocycles.